The summed E-state index contributed by atoms with van der Waals surface area (Å²) in [6.07, 6.45) is 3.65. The highest BCUT2D eigenvalue weighted by atomic mass is 16.1. The predicted molar refractivity (Wildman–Crippen MR) is 79.9 cm³/mol. The van der Waals surface area contributed by atoms with Crippen LogP contribution in [0.2, 0.25) is 0 Å². The molecule has 1 aliphatic rings. The SMILES string of the molecule is CCCN(CC(=O)c1cc(C)c(C)cc1C)C1CC1. The van der Waals surface area contributed by atoms with Gasteiger partial charge in [-0.15, -0.1) is 0 Å². The molecule has 0 bridgehead atoms. The molecule has 1 saturated carbocycles. The molecular formula is C17H25NO. The molecule has 0 unspecified atom stereocenters. The molecule has 0 saturated heterocycles. The van der Waals surface area contributed by atoms with E-state index in [1.54, 1.807) is 0 Å². The van der Waals surface area contributed by atoms with Gasteiger partial charge in [0, 0.05) is 11.6 Å². The number of hydrogen-bond acceptors (Lipinski definition) is 2. The average Bonchev–Trinajstić information content (AvgIpc) is 3.17. The molecule has 0 heterocycles. The van der Waals surface area contributed by atoms with Crippen LogP contribution < -0.4 is 0 Å². The zero-order valence-corrected chi connectivity index (χ0v) is 12.6. The van der Waals surface area contributed by atoms with E-state index in [4.69, 9.17) is 0 Å². The largest absolute Gasteiger partial charge is 0.293 e. The van der Waals surface area contributed by atoms with Gasteiger partial charge in [-0.2, -0.15) is 0 Å². The maximum absolute atomic E-state index is 12.5. The van der Waals surface area contributed by atoms with E-state index in [2.05, 4.69) is 37.8 Å². The highest BCUT2D eigenvalue weighted by molar-refractivity contribution is 5.99. The monoisotopic (exact) mass is 259 g/mol. The summed E-state index contributed by atoms with van der Waals surface area (Å²) in [5.74, 6) is 0.279. The predicted octanol–water partition coefficient (Wildman–Crippen LogP) is 3.67. The third-order valence-corrected chi connectivity index (χ3v) is 4.06. The Morgan fingerprint density at radius 1 is 1.16 bits per heavy atom. The standard InChI is InChI=1S/C17H25NO/c1-5-8-18(15-6-7-15)11-17(19)16-10-13(3)12(2)9-14(16)4/h9-10,15H,5-8,11H2,1-4H3. The normalized spacial score (nSPS) is 15.0. The molecule has 0 atom stereocenters. The number of nitrogens with zero attached hydrogens (tertiary/aromatic N) is 1. The first-order valence-electron chi connectivity index (χ1n) is 7.38. The Morgan fingerprint density at radius 2 is 1.79 bits per heavy atom. The van der Waals surface area contributed by atoms with Crippen LogP contribution in [0.25, 0.3) is 0 Å². The van der Waals surface area contributed by atoms with Crippen LogP contribution in [0, 0.1) is 20.8 Å². The number of aryl methyl sites for hydroxylation is 3. The Morgan fingerprint density at radius 3 is 2.37 bits per heavy atom. The van der Waals surface area contributed by atoms with Crippen LogP contribution in [0.1, 0.15) is 53.2 Å². The van der Waals surface area contributed by atoms with Crippen molar-refractivity contribution in [2.75, 3.05) is 13.1 Å². The highest BCUT2D eigenvalue weighted by Gasteiger charge is 2.29. The molecule has 0 N–H and O–H groups in total. The average molecular weight is 259 g/mol. The zero-order chi connectivity index (χ0) is 14.0. The van der Waals surface area contributed by atoms with Crippen LogP contribution in [-0.2, 0) is 0 Å². The topological polar surface area (TPSA) is 20.3 Å². The van der Waals surface area contributed by atoms with Crippen LogP contribution >= 0.6 is 0 Å². The Kier molecular flexibility index (Phi) is 4.41. The third kappa shape index (κ3) is 3.44. The van der Waals surface area contributed by atoms with E-state index in [1.807, 2.05) is 6.92 Å². The lowest BCUT2D eigenvalue weighted by Gasteiger charge is -2.21. The summed E-state index contributed by atoms with van der Waals surface area (Å²) >= 11 is 0. The van der Waals surface area contributed by atoms with E-state index in [9.17, 15) is 4.79 Å². The van der Waals surface area contributed by atoms with Gasteiger partial charge in [-0.3, -0.25) is 9.69 Å². The second kappa shape index (κ2) is 5.87. The van der Waals surface area contributed by atoms with E-state index in [1.165, 1.54) is 24.0 Å². The molecule has 0 aliphatic heterocycles. The summed E-state index contributed by atoms with van der Waals surface area (Å²) in [6, 6.07) is 4.85. The molecule has 0 spiro atoms. The maximum Gasteiger partial charge on any atom is 0.177 e. The Labute approximate surface area is 116 Å². The van der Waals surface area contributed by atoms with Crippen molar-refractivity contribution in [3.05, 3.63) is 34.4 Å². The lowest BCUT2D eigenvalue weighted by molar-refractivity contribution is 0.0924. The molecule has 2 rings (SSSR count). The van der Waals surface area contributed by atoms with Crippen LogP contribution in [0.5, 0.6) is 0 Å². The molecular weight excluding hydrogens is 234 g/mol. The second-order valence-corrected chi connectivity index (χ2v) is 5.88. The summed E-state index contributed by atoms with van der Waals surface area (Å²) in [4.78, 5) is 14.9. The Bertz CT molecular complexity index is 474. The number of benzene rings is 1. The molecule has 0 amide bonds. The lowest BCUT2D eigenvalue weighted by Crippen LogP contribution is -2.33. The molecule has 1 aromatic carbocycles. The maximum atomic E-state index is 12.5. The first-order valence-corrected chi connectivity index (χ1v) is 7.38. The van der Waals surface area contributed by atoms with Gasteiger partial charge in [0.25, 0.3) is 0 Å². The fraction of sp³-hybridized carbons (Fsp3) is 0.588. The van der Waals surface area contributed by atoms with Gasteiger partial charge in [0.1, 0.15) is 0 Å². The zero-order valence-electron chi connectivity index (χ0n) is 12.6. The molecule has 104 valence electrons. The van der Waals surface area contributed by atoms with Crippen molar-refractivity contribution in [3.63, 3.8) is 0 Å². The van der Waals surface area contributed by atoms with Crippen molar-refractivity contribution < 1.29 is 4.79 Å². The molecule has 1 fully saturated rings. The van der Waals surface area contributed by atoms with Gasteiger partial charge >= 0.3 is 0 Å². The van der Waals surface area contributed by atoms with Crippen molar-refractivity contribution in [3.8, 4) is 0 Å². The van der Waals surface area contributed by atoms with Crippen molar-refractivity contribution in [2.24, 2.45) is 0 Å². The Hall–Kier alpha value is -1.15. The van der Waals surface area contributed by atoms with Crippen molar-refractivity contribution in [2.45, 2.75) is 53.0 Å². The third-order valence-electron chi connectivity index (χ3n) is 4.06. The van der Waals surface area contributed by atoms with Gasteiger partial charge < -0.3 is 0 Å². The molecule has 2 nitrogen and oxygen atoms in total. The summed E-state index contributed by atoms with van der Waals surface area (Å²) in [5, 5.41) is 0. The van der Waals surface area contributed by atoms with Crippen LogP contribution in [0.15, 0.2) is 12.1 Å². The number of hydrogen-bond donors (Lipinski definition) is 0. The van der Waals surface area contributed by atoms with E-state index in [0.29, 0.717) is 12.6 Å². The highest BCUT2D eigenvalue weighted by Crippen LogP contribution is 2.27. The number of carbonyl (C=O) groups excluding carboxylic acids is 1. The second-order valence-electron chi connectivity index (χ2n) is 5.88. The van der Waals surface area contributed by atoms with Gasteiger partial charge in [0.05, 0.1) is 6.54 Å². The summed E-state index contributed by atoms with van der Waals surface area (Å²) in [6.45, 7) is 10.0. The summed E-state index contributed by atoms with van der Waals surface area (Å²) in [7, 11) is 0. The molecule has 1 aliphatic carbocycles. The van der Waals surface area contributed by atoms with Gasteiger partial charge in [-0.05, 0) is 69.3 Å². The summed E-state index contributed by atoms with van der Waals surface area (Å²) < 4.78 is 0. The smallest absolute Gasteiger partial charge is 0.177 e. The first kappa shape index (κ1) is 14.3. The van der Waals surface area contributed by atoms with Gasteiger partial charge in [0.15, 0.2) is 5.78 Å². The van der Waals surface area contributed by atoms with Gasteiger partial charge in [-0.25, -0.2) is 0 Å². The van der Waals surface area contributed by atoms with Crippen molar-refractivity contribution in [1.29, 1.82) is 0 Å². The first-order chi connectivity index (χ1) is 9.02. The molecule has 2 heteroatoms. The van der Waals surface area contributed by atoms with Crippen LogP contribution in [0.3, 0.4) is 0 Å². The molecule has 19 heavy (non-hydrogen) atoms. The van der Waals surface area contributed by atoms with Crippen molar-refractivity contribution in [1.82, 2.24) is 4.90 Å². The molecule has 0 radical (unpaired) electrons. The van der Waals surface area contributed by atoms with E-state index in [-0.39, 0.29) is 5.78 Å². The lowest BCUT2D eigenvalue weighted by atomic mass is 9.98. The molecule has 0 aromatic heterocycles. The molecule has 1 aromatic rings. The number of Topliss-reactive ketones (excluding diaryl/α,β-unsaturated/α-hetero) is 1. The van der Waals surface area contributed by atoms with E-state index in [0.717, 1.165) is 24.1 Å². The van der Waals surface area contributed by atoms with Crippen LogP contribution in [0.4, 0.5) is 0 Å². The Balaban J connectivity index is 2.12. The van der Waals surface area contributed by atoms with Crippen LogP contribution in [-0.4, -0.2) is 29.8 Å². The van der Waals surface area contributed by atoms with Crippen molar-refractivity contribution >= 4 is 5.78 Å². The summed E-state index contributed by atoms with van der Waals surface area (Å²) in [5.41, 5.74) is 4.49. The van der Waals surface area contributed by atoms with Gasteiger partial charge in [0.2, 0.25) is 0 Å². The quantitative estimate of drug-likeness (QED) is 0.727. The number of ketones is 1. The van der Waals surface area contributed by atoms with E-state index < -0.39 is 0 Å². The minimum absolute atomic E-state index is 0.279. The fourth-order valence-electron chi connectivity index (χ4n) is 2.65. The van der Waals surface area contributed by atoms with E-state index >= 15 is 0 Å². The number of rotatable bonds is 6. The fourth-order valence-corrected chi connectivity index (χ4v) is 2.65. The van der Waals surface area contributed by atoms with Gasteiger partial charge in [-0.1, -0.05) is 13.0 Å². The minimum atomic E-state index is 0.279. The number of carbonyl (C=O) groups is 1. The minimum Gasteiger partial charge on any atom is -0.293 e.